The van der Waals surface area contributed by atoms with E-state index >= 15 is 0 Å². The first-order valence-electron chi connectivity index (χ1n) is 6.67. The predicted molar refractivity (Wildman–Crippen MR) is 83.0 cm³/mol. The van der Waals surface area contributed by atoms with Crippen LogP contribution in [0, 0.1) is 0 Å². The minimum absolute atomic E-state index is 0.0218. The Bertz CT molecular complexity index is 558. The zero-order chi connectivity index (χ0) is 15.6. The van der Waals surface area contributed by atoms with Crippen molar-refractivity contribution in [1.29, 1.82) is 0 Å². The molecule has 0 aliphatic carbocycles. The summed E-state index contributed by atoms with van der Waals surface area (Å²) in [6, 6.07) is 0. The molecule has 0 radical (unpaired) electrons. The van der Waals surface area contributed by atoms with Crippen molar-refractivity contribution in [2.75, 3.05) is 44.3 Å². The molecule has 0 aromatic carbocycles. The number of Topliss-reactive ketones (excluding diaryl/α,β-unsaturated/α-hetero) is 1. The number of ketones is 1. The first-order valence-corrected chi connectivity index (χ1v) is 7.48. The predicted octanol–water partition coefficient (Wildman–Crippen LogP) is 0.374. The molecular formula is C13H20N4O3S. The number of morpholine rings is 1. The Hall–Kier alpha value is -1.64. The number of nitrogen functional groups attached to an aromatic ring is 1. The van der Waals surface area contributed by atoms with Crippen molar-refractivity contribution >= 4 is 33.7 Å². The van der Waals surface area contributed by atoms with Crippen molar-refractivity contribution in [2.24, 2.45) is 5.73 Å². The second-order valence-corrected chi connectivity index (χ2v) is 6.13. The Balaban J connectivity index is 2.13. The van der Waals surface area contributed by atoms with Gasteiger partial charge in [-0.25, -0.2) is 0 Å². The molecular weight excluding hydrogens is 292 g/mol. The summed E-state index contributed by atoms with van der Waals surface area (Å²) in [5.74, 6) is -0.817. The van der Waals surface area contributed by atoms with Gasteiger partial charge in [-0.05, 0) is 7.05 Å². The molecule has 1 aliphatic rings. The van der Waals surface area contributed by atoms with Crippen LogP contribution in [-0.2, 0) is 4.74 Å². The molecule has 0 bridgehead atoms. The highest BCUT2D eigenvalue weighted by Crippen LogP contribution is 2.35. The van der Waals surface area contributed by atoms with Crippen LogP contribution >= 0.6 is 11.3 Å². The number of carbonyl (C=O) groups is 2. The third kappa shape index (κ3) is 3.52. The number of ether oxygens (including phenoxy) is 1. The Morgan fingerprint density at radius 2 is 2.24 bits per heavy atom. The number of rotatable bonds is 5. The summed E-state index contributed by atoms with van der Waals surface area (Å²) in [5, 5.41) is 3.66. The van der Waals surface area contributed by atoms with Gasteiger partial charge in [0.2, 0.25) is 0 Å². The van der Waals surface area contributed by atoms with Crippen LogP contribution in [-0.4, -0.2) is 56.0 Å². The highest BCUT2D eigenvalue weighted by atomic mass is 32.1. The maximum atomic E-state index is 11.5. The molecule has 2 heterocycles. The monoisotopic (exact) mass is 312 g/mol. The van der Waals surface area contributed by atoms with Crippen molar-refractivity contribution in [3.05, 3.63) is 10.4 Å². The van der Waals surface area contributed by atoms with Gasteiger partial charge in [0, 0.05) is 26.6 Å². The Morgan fingerprint density at radius 3 is 2.81 bits per heavy atom. The first kappa shape index (κ1) is 15.7. The lowest BCUT2D eigenvalue weighted by Crippen LogP contribution is -2.43. The zero-order valence-corrected chi connectivity index (χ0v) is 13.0. The molecule has 1 aromatic rings. The molecule has 5 N–H and O–H groups in total. The molecule has 1 fully saturated rings. The lowest BCUT2D eigenvalue weighted by Gasteiger charge is -2.30. The van der Waals surface area contributed by atoms with Gasteiger partial charge in [0.25, 0.3) is 5.91 Å². The normalized spacial score (nSPS) is 19.4. The average Bonchev–Trinajstić information content (AvgIpc) is 2.73. The molecule has 21 heavy (non-hydrogen) atoms. The van der Waals surface area contributed by atoms with Crippen molar-refractivity contribution in [3.8, 4) is 0 Å². The van der Waals surface area contributed by atoms with Crippen molar-refractivity contribution in [3.63, 3.8) is 0 Å². The van der Waals surface area contributed by atoms with E-state index in [1.807, 2.05) is 7.05 Å². The maximum absolute atomic E-state index is 11.5. The largest absolute Gasteiger partial charge is 0.397 e. The van der Waals surface area contributed by atoms with Crippen molar-refractivity contribution < 1.29 is 14.3 Å². The minimum Gasteiger partial charge on any atom is -0.397 e. The number of hydrogen-bond acceptors (Lipinski definition) is 7. The summed E-state index contributed by atoms with van der Waals surface area (Å²) < 4.78 is 5.64. The third-order valence-electron chi connectivity index (χ3n) is 3.34. The number of nitrogens with two attached hydrogens (primary N) is 2. The Labute approximate surface area is 127 Å². The van der Waals surface area contributed by atoms with Gasteiger partial charge in [-0.15, -0.1) is 11.3 Å². The van der Waals surface area contributed by atoms with Crippen LogP contribution in [0.15, 0.2) is 0 Å². The number of carbonyl (C=O) groups excluding carboxylic acids is 2. The molecule has 7 nitrogen and oxygen atoms in total. The van der Waals surface area contributed by atoms with Crippen LogP contribution in [0.25, 0.3) is 0 Å². The van der Waals surface area contributed by atoms with Gasteiger partial charge in [0.1, 0.15) is 5.00 Å². The number of likely N-dealkylation sites (N-methyl/N-ethyl adjacent to an activating group) is 1. The van der Waals surface area contributed by atoms with E-state index in [2.05, 4.69) is 10.2 Å². The molecule has 1 aliphatic heterocycles. The van der Waals surface area contributed by atoms with Gasteiger partial charge in [0.15, 0.2) is 5.78 Å². The highest BCUT2D eigenvalue weighted by molar-refractivity contribution is 7.19. The third-order valence-corrected chi connectivity index (χ3v) is 4.61. The molecule has 8 heteroatoms. The number of hydrogen-bond donors (Lipinski definition) is 3. The minimum atomic E-state index is -0.638. The molecule has 1 unspecified atom stereocenters. The molecule has 116 valence electrons. The zero-order valence-electron chi connectivity index (χ0n) is 12.1. The van der Waals surface area contributed by atoms with E-state index in [4.69, 9.17) is 16.2 Å². The van der Waals surface area contributed by atoms with E-state index in [0.717, 1.165) is 24.4 Å². The van der Waals surface area contributed by atoms with Gasteiger partial charge in [-0.2, -0.15) is 0 Å². The standard InChI is InChI=1S/C13H20N4O3S/c1-7(18)11-10(14)9(12(15)19)13(21-11)16-5-8-6-17(2)3-4-20-8/h8,16H,3-6,14H2,1-2H3,(H2,15,19). The summed E-state index contributed by atoms with van der Waals surface area (Å²) in [5.41, 5.74) is 11.5. The van der Waals surface area contributed by atoms with Gasteiger partial charge in [-0.3, -0.25) is 9.59 Å². The molecule has 2 rings (SSSR count). The number of primary amides is 1. The van der Waals surface area contributed by atoms with E-state index in [0.29, 0.717) is 23.0 Å². The van der Waals surface area contributed by atoms with E-state index < -0.39 is 5.91 Å². The fraction of sp³-hybridized carbons (Fsp3) is 0.538. The van der Waals surface area contributed by atoms with Crippen LogP contribution in [0.4, 0.5) is 10.7 Å². The fourth-order valence-corrected chi connectivity index (χ4v) is 3.30. The number of anilines is 2. The highest BCUT2D eigenvalue weighted by Gasteiger charge is 2.24. The smallest absolute Gasteiger partial charge is 0.253 e. The lowest BCUT2D eigenvalue weighted by molar-refractivity contribution is -0.0117. The van der Waals surface area contributed by atoms with E-state index in [-0.39, 0.29) is 23.1 Å². The summed E-state index contributed by atoms with van der Waals surface area (Å²) >= 11 is 1.16. The topological polar surface area (TPSA) is 111 Å². The first-order chi connectivity index (χ1) is 9.90. The lowest BCUT2D eigenvalue weighted by atomic mass is 10.2. The quantitative estimate of drug-likeness (QED) is 0.678. The van der Waals surface area contributed by atoms with E-state index in [1.165, 1.54) is 6.92 Å². The second kappa shape index (κ2) is 6.42. The molecule has 1 amide bonds. The van der Waals surface area contributed by atoms with Crippen LogP contribution in [0.2, 0.25) is 0 Å². The molecule has 0 spiro atoms. The number of nitrogens with zero attached hydrogens (tertiary/aromatic N) is 1. The van der Waals surface area contributed by atoms with E-state index in [1.54, 1.807) is 0 Å². The van der Waals surface area contributed by atoms with Crippen LogP contribution < -0.4 is 16.8 Å². The van der Waals surface area contributed by atoms with Crippen LogP contribution in [0.1, 0.15) is 27.0 Å². The van der Waals surface area contributed by atoms with Crippen molar-refractivity contribution in [2.45, 2.75) is 13.0 Å². The fourth-order valence-electron chi connectivity index (χ4n) is 2.27. The summed E-state index contributed by atoms with van der Waals surface area (Å²) in [7, 11) is 2.03. The average molecular weight is 312 g/mol. The van der Waals surface area contributed by atoms with Gasteiger partial charge in [0.05, 0.1) is 28.8 Å². The summed E-state index contributed by atoms with van der Waals surface area (Å²) in [6.07, 6.45) is 0.0218. The second-order valence-electron chi connectivity index (χ2n) is 5.11. The number of amides is 1. The van der Waals surface area contributed by atoms with Crippen LogP contribution in [0.3, 0.4) is 0 Å². The number of nitrogens with one attached hydrogen (secondary N) is 1. The van der Waals surface area contributed by atoms with Gasteiger partial charge < -0.3 is 26.4 Å². The molecule has 1 aromatic heterocycles. The maximum Gasteiger partial charge on any atom is 0.253 e. The summed E-state index contributed by atoms with van der Waals surface area (Å²) in [6.45, 7) is 4.33. The SMILES string of the molecule is CC(=O)c1sc(NCC2CN(C)CCO2)c(C(N)=O)c1N. The Kier molecular flexibility index (Phi) is 4.81. The molecule has 0 saturated carbocycles. The Morgan fingerprint density at radius 1 is 1.52 bits per heavy atom. The van der Waals surface area contributed by atoms with E-state index in [9.17, 15) is 9.59 Å². The number of thiophene rings is 1. The summed E-state index contributed by atoms with van der Waals surface area (Å²) in [4.78, 5) is 25.6. The molecule has 1 atom stereocenters. The van der Waals surface area contributed by atoms with Gasteiger partial charge in [-0.1, -0.05) is 0 Å². The van der Waals surface area contributed by atoms with Crippen molar-refractivity contribution in [1.82, 2.24) is 4.90 Å². The van der Waals surface area contributed by atoms with Gasteiger partial charge >= 0.3 is 0 Å². The van der Waals surface area contributed by atoms with Crippen LogP contribution in [0.5, 0.6) is 0 Å². The molecule has 1 saturated heterocycles.